The summed E-state index contributed by atoms with van der Waals surface area (Å²) < 4.78 is 0. The summed E-state index contributed by atoms with van der Waals surface area (Å²) in [5, 5.41) is 12.9. The molecule has 3 rings (SSSR count). The molecule has 3 saturated carbocycles. The van der Waals surface area contributed by atoms with Gasteiger partial charge in [0, 0.05) is 5.92 Å². The van der Waals surface area contributed by atoms with Gasteiger partial charge in [0.25, 0.3) is 0 Å². The number of fused-ring (bicyclic) bond motifs is 1. The van der Waals surface area contributed by atoms with E-state index < -0.39 is 0 Å². The molecule has 0 heterocycles. The van der Waals surface area contributed by atoms with Gasteiger partial charge in [-0.2, -0.15) is 0 Å². The molecule has 0 aromatic carbocycles. The smallest absolute Gasteiger partial charge is 0.223 e. The first-order valence-corrected chi connectivity index (χ1v) is 7.55. The lowest BCUT2D eigenvalue weighted by Crippen LogP contribution is -2.55. The minimum absolute atomic E-state index is 0.0999. The molecule has 3 aliphatic rings. The molecule has 3 fully saturated rings. The Hall–Kier alpha value is -0.570. The van der Waals surface area contributed by atoms with Crippen LogP contribution in [0.5, 0.6) is 0 Å². The summed E-state index contributed by atoms with van der Waals surface area (Å²) in [4.78, 5) is 12.3. The molecule has 3 aliphatic carbocycles. The summed E-state index contributed by atoms with van der Waals surface area (Å²) in [7, 11) is 0. The summed E-state index contributed by atoms with van der Waals surface area (Å²) in [6, 6.07) is 0. The zero-order valence-corrected chi connectivity index (χ0v) is 11.3. The summed E-state index contributed by atoms with van der Waals surface area (Å²) in [5.74, 6) is 2.75. The number of aliphatic hydroxyl groups is 1. The monoisotopic (exact) mass is 251 g/mol. The van der Waals surface area contributed by atoms with E-state index in [0.717, 1.165) is 43.9 Å². The van der Waals surface area contributed by atoms with Crippen molar-refractivity contribution in [2.75, 3.05) is 6.61 Å². The van der Waals surface area contributed by atoms with E-state index in [9.17, 15) is 9.90 Å². The number of hydrogen-bond donors (Lipinski definition) is 2. The Bertz CT molecular complexity index is 333. The molecule has 102 valence electrons. The van der Waals surface area contributed by atoms with Gasteiger partial charge in [-0.15, -0.1) is 0 Å². The molecule has 1 amide bonds. The van der Waals surface area contributed by atoms with Crippen molar-refractivity contribution >= 4 is 5.91 Å². The summed E-state index contributed by atoms with van der Waals surface area (Å²) in [5.41, 5.74) is -0.318. The van der Waals surface area contributed by atoms with E-state index in [1.165, 1.54) is 12.8 Å². The molecular formula is C15H25NO2. The minimum atomic E-state index is -0.318. The Balaban J connectivity index is 1.60. The highest BCUT2D eigenvalue weighted by atomic mass is 16.3. The average Bonchev–Trinajstić information content (AvgIpc) is 2.96. The van der Waals surface area contributed by atoms with Crippen molar-refractivity contribution in [3.8, 4) is 0 Å². The zero-order chi connectivity index (χ0) is 12.8. The highest BCUT2D eigenvalue weighted by Gasteiger charge is 2.49. The first-order valence-electron chi connectivity index (χ1n) is 7.55. The second-order valence-electron chi connectivity index (χ2n) is 7.05. The molecule has 0 bridgehead atoms. The lowest BCUT2D eigenvalue weighted by Gasteiger charge is -2.40. The first-order chi connectivity index (χ1) is 8.62. The fourth-order valence-electron chi connectivity index (χ4n) is 4.25. The van der Waals surface area contributed by atoms with Crippen molar-refractivity contribution in [3.63, 3.8) is 0 Å². The van der Waals surface area contributed by atoms with Crippen LogP contribution in [0.25, 0.3) is 0 Å². The molecule has 0 radical (unpaired) electrons. The molecule has 4 unspecified atom stereocenters. The molecule has 0 saturated heterocycles. The SMILES string of the molecule is CC1CCCC(CO)(NC(=O)C2CC3CC3C2)C1. The number of carbonyl (C=O) groups is 1. The van der Waals surface area contributed by atoms with Gasteiger partial charge in [0.15, 0.2) is 0 Å². The molecule has 0 aromatic heterocycles. The number of hydrogen-bond acceptors (Lipinski definition) is 2. The second kappa shape index (κ2) is 4.52. The van der Waals surface area contributed by atoms with Crippen LogP contribution >= 0.6 is 0 Å². The fourth-order valence-corrected chi connectivity index (χ4v) is 4.25. The van der Waals surface area contributed by atoms with Gasteiger partial charge >= 0.3 is 0 Å². The maximum Gasteiger partial charge on any atom is 0.223 e. The Morgan fingerprint density at radius 2 is 2.06 bits per heavy atom. The Labute approximate surface area is 109 Å². The lowest BCUT2D eigenvalue weighted by atomic mass is 9.76. The van der Waals surface area contributed by atoms with E-state index in [2.05, 4.69) is 12.2 Å². The summed E-state index contributed by atoms with van der Waals surface area (Å²) in [6.07, 6.45) is 7.77. The van der Waals surface area contributed by atoms with Gasteiger partial charge in [-0.1, -0.05) is 19.8 Å². The van der Waals surface area contributed by atoms with Crippen LogP contribution < -0.4 is 5.32 Å². The predicted octanol–water partition coefficient (Wildman–Crippen LogP) is 2.09. The van der Waals surface area contributed by atoms with Crippen LogP contribution in [-0.4, -0.2) is 23.2 Å². The van der Waals surface area contributed by atoms with Crippen molar-refractivity contribution in [2.45, 2.75) is 57.4 Å². The third-order valence-corrected chi connectivity index (χ3v) is 5.40. The molecule has 4 atom stereocenters. The van der Waals surface area contributed by atoms with Crippen LogP contribution in [-0.2, 0) is 4.79 Å². The molecule has 0 aliphatic heterocycles. The van der Waals surface area contributed by atoms with Gasteiger partial charge in [-0.05, 0) is 49.9 Å². The Morgan fingerprint density at radius 3 is 2.67 bits per heavy atom. The van der Waals surface area contributed by atoms with Crippen molar-refractivity contribution in [2.24, 2.45) is 23.7 Å². The fraction of sp³-hybridized carbons (Fsp3) is 0.933. The van der Waals surface area contributed by atoms with Gasteiger partial charge in [0.05, 0.1) is 12.1 Å². The van der Waals surface area contributed by atoms with Crippen LogP contribution in [0.2, 0.25) is 0 Å². The molecule has 3 nitrogen and oxygen atoms in total. The molecule has 3 heteroatoms. The number of rotatable bonds is 3. The third kappa shape index (κ3) is 2.29. The lowest BCUT2D eigenvalue weighted by molar-refractivity contribution is -0.128. The van der Waals surface area contributed by atoms with Crippen molar-refractivity contribution in [1.29, 1.82) is 0 Å². The Morgan fingerprint density at radius 1 is 1.33 bits per heavy atom. The predicted molar refractivity (Wildman–Crippen MR) is 69.9 cm³/mol. The maximum absolute atomic E-state index is 12.3. The molecule has 2 N–H and O–H groups in total. The topological polar surface area (TPSA) is 49.3 Å². The zero-order valence-electron chi connectivity index (χ0n) is 11.3. The van der Waals surface area contributed by atoms with Gasteiger partial charge < -0.3 is 10.4 Å². The van der Waals surface area contributed by atoms with Crippen molar-refractivity contribution in [1.82, 2.24) is 5.32 Å². The highest BCUT2D eigenvalue weighted by Crippen LogP contribution is 2.54. The van der Waals surface area contributed by atoms with Gasteiger partial charge in [-0.3, -0.25) is 4.79 Å². The van der Waals surface area contributed by atoms with Crippen LogP contribution in [0.15, 0.2) is 0 Å². The van der Waals surface area contributed by atoms with Gasteiger partial charge in [0.1, 0.15) is 0 Å². The van der Waals surface area contributed by atoms with E-state index in [1.54, 1.807) is 0 Å². The van der Waals surface area contributed by atoms with E-state index >= 15 is 0 Å². The largest absolute Gasteiger partial charge is 0.394 e. The molecule has 18 heavy (non-hydrogen) atoms. The second-order valence-corrected chi connectivity index (χ2v) is 7.05. The van der Waals surface area contributed by atoms with Gasteiger partial charge in [-0.25, -0.2) is 0 Å². The first kappa shape index (κ1) is 12.5. The standard InChI is InChI=1S/C15H25NO2/c1-10-3-2-4-15(8-10,9-17)16-14(18)13-6-11-5-12(11)7-13/h10-13,17H,2-9H2,1H3,(H,16,18). The molecule has 0 spiro atoms. The van der Waals surface area contributed by atoms with Crippen molar-refractivity contribution < 1.29 is 9.90 Å². The van der Waals surface area contributed by atoms with Crippen LogP contribution in [0.4, 0.5) is 0 Å². The number of amides is 1. The van der Waals surface area contributed by atoms with Crippen LogP contribution in [0, 0.1) is 23.7 Å². The van der Waals surface area contributed by atoms with E-state index in [4.69, 9.17) is 0 Å². The normalized spacial score (nSPS) is 46.6. The molecular weight excluding hydrogens is 226 g/mol. The minimum Gasteiger partial charge on any atom is -0.394 e. The summed E-state index contributed by atoms with van der Waals surface area (Å²) in [6.45, 7) is 2.32. The average molecular weight is 251 g/mol. The van der Waals surface area contributed by atoms with Gasteiger partial charge in [0.2, 0.25) is 5.91 Å². The van der Waals surface area contributed by atoms with Crippen LogP contribution in [0.3, 0.4) is 0 Å². The van der Waals surface area contributed by atoms with E-state index in [1.807, 2.05) is 0 Å². The number of carbonyl (C=O) groups excluding carboxylic acids is 1. The Kier molecular flexibility index (Phi) is 3.13. The number of nitrogens with one attached hydrogen (secondary N) is 1. The highest BCUT2D eigenvalue weighted by molar-refractivity contribution is 5.80. The molecule has 0 aromatic rings. The third-order valence-electron chi connectivity index (χ3n) is 5.40. The van der Waals surface area contributed by atoms with Crippen LogP contribution in [0.1, 0.15) is 51.9 Å². The van der Waals surface area contributed by atoms with E-state index in [0.29, 0.717) is 5.92 Å². The quantitative estimate of drug-likeness (QED) is 0.807. The number of aliphatic hydroxyl groups excluding tert-OH is 1. The summed E-state index contributed by atoms with van der Waals surface area (Å²) >= 11 is 0. The maximum atomic E-state index is 12.3. The van der Waals surface area contributed by atoms with Crippen molar-refractivity contribution in [3.05, 3.63) is 0 Å². The van der Waals surface area contributed by atoms with E-state index in [-0.39, 0.29) is 24.0 Å².